The smallest absolute Gasteiger partial charge is 0.316 e. The number of phenols is 1. The highest BCUT2D eigenvalue weighted by Gasteiger charge is 2.17. The highest BCUT2D eigenvalue weighted by Crippen LogP contribution is 2.30. The first-order valence-electron chi connectivity index (χ1n) is 9.10. The van der Waals surface area contributed by atoms with Crippen LogP contribution in [0.3, 0.4) is 0 Å². The van der Waals surface area contributed by atoms with Gasteiger partial charge >= 0.3 is 11.3 Å². The van der Waals surface area contributed by atoms with Gasteiger partial charge in [0.15, 0.2) is 6.29 Å². The molecule has 5 N–H and O–H groups in total. The first kappa shape index (κ1) is 23.3. The van der Waals surface area contributed by atoms with E-state index in [1.165, 1.54) is 42.5 Å². The minimum Gasteiger partial charge on any atom is -0.506 e. The number of hydrogen-bond acceptors (Lipinski definition) is 7. The summed E-state index contributed by atoms with van der Waals surface area (Å²) >= 11 is -2.25. The van der Waals surface area contributed by atoms with Gasteiger partial charge in [-0.15, -0.1) is 0 Å². The van der Waals surface area contributed by atoms with E-state index < -0.39 is 27.6 Å². The maximum Gasteiger partial charge on any atom is 0.316 e. The molecular formula is C21H20N2O7S2. The highest BCUT2D eigenvalue weighted by atomic mass is 32.2. The van der Waals surface area contributed by atoms with E-state index in [-0.39, 0.29) is 33.3 Å². The topological polar surface area (TPSA) is 145 Å². The zero-order chi connectivity index (χ0) is 23.3. The van der Waals surface area contributed by atoms with Gasteiger partial charge in [-0.1, -0.05) is 43.0 Å². The van der Waals surface area contributed by atoms with E-state index in [1.54, 1.807) is 30.3 Å². The van der Waals surface area contributed by atoms with Crippen LogP contribution in [0.15, 0.2) is 78.2 Å². The zero-order valence-corrected chi connectivity index (χ0v) is 18.1. The van der Waals surface area contributed by atoms with Crippen LogP contribution >= 0.6 is 0 Å². The van der Waals surface area contributed by atoms with Gasteiger partial charge in [0.1, 0.15) is 11.5 Å². The summed E-state index contributed by atoms with van der Waals surface area (Å²) in [5.74, 6) is -0.358. The first-order valence-corrected chi connectivity index (χ1v) is 11.7. The molecule has 11 heteroatoms. The van der Waals surface area contributed by atoms with E-state index in [1.807, 2.05) is 0 Å². The van der Waals surface area contributed by atoms with Crippen LogP contribution in [-0.4, -0.2) is 27.9 Å². The van der Waals surface area contributed by atoms with Gasteiger partial charge in [-0.2, -0.15) is 4.21 Å². The summed E-state index contributed by atoms with van der Waals surface area (Å²) in [6.45, 7) is 3.62. The van der Waals surface area contributed by atoms with E-state index in [2.05, 4.69) is 16.0 Å². The number of aliphatic hydroxyl groups is 2. The van der Waals surface area contributed by atoms with Crippen molar-refractivity contribution in [2.24, 2.45) is 0 Å². The second kappa shape index (κ2) is 9.83. The summed E-state index contributed by atoms with van der Waals surface area (Å²) in [7, 11) is -3.92. The number of rotatable bonds is 9. The van der Waals surface area contributed by atoms with Crippen molar-refractivity contribution < 1.29 is 32.1 Å². The number of para-hydroxylation sites is 1. The molecule has 0 aliphatic heterocycles. The van der Waals surface area contributed by atoms with E-state index >= 15 is 0 Å². The molecule has 0 heterocycles. The lowest BCUT2D eigenvalue weighted by atomic mass is 10.2. The Balaban J connectivity index is 1.77. The summed E-state index contributed by atoms with van der Waals surface area (Å²) in [6, 6.07) is 15.7. The maximum absolute atomic E-state index is 12.6. The Morgan fingerprint density at radius 2 is 1.72 bits per heavy atom. The van der Waals surface area contributed by atoms with Crippen LogP contribution in [0.25, 0.3) is 6.08 Å². The van der Waals surface area contributed by atoms with Crippen molar-refractivity contribution >= 4 is 38.7 Å². The van der Waals surface area contributed by atoms with Crippen LogP contribution in [0.2, 0.25) is 0 Å². The average Bonchev–Trinajstić information content (AvgIpc) is 2.76. The molecule has 1 unspecified atom stereocenters. The van der Waals surface area contributed by atoms with Gasteiger partial charge in [-0.05, 0) is 42.0 Å². The summed E-state index contributed by atoms with van der Waals surface area (Å²) in [4.78, 5) is 0.0248. The van der Waals surface area contributed by atoms with Crippen molar-refractivity contribution in [3.8, 4) is 11.5 Å². The molecule has 0 saturated heterocycles. The monoisotopic (exact) mass is 476 g/mol. The average molecular weight is 477 g/mol. The molecule has 1 atom stereocenters. The van der Waals surface area contributed by atoms with Gasteiger partial charge in [-0.3, -0.25) is 9.44 Å². The molecule has 0 aliphatic carbocycles. The van der Waals surface area contributed by atoms with Crippen molar-refractivity contribution in [1.82, 2.24) is 0 Å². The van der Waals surface area contributed by atoms with Gasteiger partial charge in [-0.25, -0.2) is 8.42 Å². The standard InChI is InChI=1S/C21H20N2O7S2/c1-2-14-7-10-16(11-8-14)32(28,29)23-15-9-12-19(24)18(13-15)22-31(27)30-20-6-4-3-5-17(20)21(25)26/h2-13,21-26H,1H2. The molecule has 9 nitrogen and oxygen atoms in total. The lowest BCUT2D eigenvalue weighted by Crippen LogP contribution is -2.15. The summed E-state index contributed by atoms with van der Waals surface area (Å²) in [6.07, 6.45) is -0.251. The van der Waals surface area contributed by atoms with Crippen molar-refractivity contribution in [2.45, 2.75) is 11.2 Å². The van der Waals surface area contributed by atoms with Gasteiger partial charge in [0.05, 0.1) is 21.8 Å². The van der Waals surface area contributed by atoms with Crippen molar-refractivity contribution in [1.29, 1.82) is 0 Å². The fraction of sp³-hybridized carbons (Fsp3) is 0.0476. The highest BCUT2D eigenvalue weighted by molar-refractivity contribution is 7.92. The fourth-order valence-corrected chi connectivity index (χ4v) is 4.39. The number of aromatic hydroxyl groups is 1. The molecule has 32 heavy (non-hydrogen) atoms. The molecule has 0 spiro atoms. The second-order valence-corrected chi connectivity index (χ2v) is 8.96. The number of nitrogens with one attached hydrogen (secondary N) is 2. The Morgan fingerprint density at radius 3 is 2.38 bits per heavy atom. The molecule has 0 amide bonds. The van der Waals surface area contributed by atoms with E-state index in [0.29, 0.717) is 0 Å². The van der Waals surface area contributed by atoms with E-state index in [9.17, 15) is 27.9 Å². The predicted octanol–water partition coefficient (Wildman–Crippen LogP) is 2.89. The molecule has 168 valence electrons. The van der Waals surface area contributed by atoms with Gasteiger partial charge in [0, 0.05) is 0 Å². The molecule has 0 fully saturated rings. The Hall–Kier alpha value is -3.38. The zero-order valence-electron chi connectivity index (χ0n) is 16.5. The molecule has 0 saturated carbocycles. The summed E-state index contributed by atoms with van der Waals surface area (Å²) in [5.41, 5.74) is 0.780. The SMILES string of the molecule is C=Cc1ccc(S(=O)(=O)Nc2ccc(O)c(NS(=O)Oc3ccccc3C(O)O)c2)cc1. The number of benzene rings is 3. The summed E-state index contributed by atoms with van der Waals surface area (Å²) in [5, 5.41) is 28.8. The van der Waals surface area contributed by atoms with Crippen LogP contribution in [0, 0.1) is 0 Å². The van der Waals surface area contributed by atoms with E-state index in [4.69, 9.17) is 4.18 Å². The molecule has 0 aliphatic rings. The Bertz CT molecular complexity index is 1240. The van der Waals surface area contributed by atoms with Gasteiger partial charge < -0.3 is 19.5 Å². The van der Waals surface area contributed by atoms with E-state index in [0.717, 1.165) is 5.56 Å². The predicted molar refractivity (Wildman–Crippen MR) is 121 cm³/mol. The Morgan fingerprint density at radius 1 is 1.03 bits per heavy atom. The molecule has 3 aromatic rings. The quantitative estimate of drug-likeness (QED) is 0.181. The van der Waals surface area contributed by atoms with Crippen LogP contribution in [0.5, 0.6) is 11.5 Å². The molecule has 0 radical (unpaired) electrons. The number of hydrogen-bond donors (Lipinski definition) is 5. The van der Waals surface area contributed by atoms with Crippen LogP contribution in [-0.2, 0) is 21.3 Å². The normalized spacial score (nSPS) is 12.2. The molecular weight excluding hydrogens is 456 g/mol. The Labute approximate surface area is 187 Å². The lowest BCUT2D eigenvalue weighted by molar-refractivity contribution is -0.0433. The number of anilines is 2. The molecule has 0 bridgehead atoms. The third kappa shape index (κ3) is 5.65. The third-order valence-corrected chi connectivity index (χ3v) is 6.35. The van der Waals surface area contributed by atoms with Crippen LogP contribution in [0.1, 0.15) is 17.4 Å². The van der Waals surface area contributed by atoms with Crippen molar-refractivity contribution in [3.63, 3.8) is 0 Å². The number of phenolic OH excluding ortho intramolecular Hbond substituents is 1. The number of aliphatic hydroxyl groups excluding tert-OH is 1. The van der Waals surface area contributed by atoms with Gasteiger partial charge in [0.2, 0.25) is 0 Å². The first-order chi connectivity index (χ1) is 15.2. The molecule has 0 aromatic heterocycles. The number of sulfonamides is 1. The lowest BCUT2D eigenvalue weighted by Gasteiger charge is -2.14. The molecule has 3 aromatic carbocycles. The summed E-state index contributed by atoms with van der Waals surface area (Å²) < 4.78 is 47.5. The maximum atomic E-state index is 12.6. The van der Waals surface area contributed by atoms with Crippen molar-refractivity contribution in [3.05, 3.63) is 84.4 Å². The van der Waals surface area contributed by atoms with Crippen LogP contribution < -0.4 is 13.6 Å². The minimum absolute atomic E-state index is 0.00384. The third-order valence-electron chi connectivity index (χ3n) is 4.23. The largest absolute Gasteiger partial charge is 0.506 e. The Kier molecular flexibility index (Phi) is 7.15. The van der Waals surface area contributed by atoms with Gasteiger partial charge in [0.25, 0.3) is 10.0 Å². The minimum atomic E-state index is -3.92. The molecule has 3 rings (SSSR count). The fourth-order valence-electron chi connectivity index (χ4n) is 2.64. The van der Waals surface area contributed by atoms with Crippen LogP contribution in [0.4, 0.5) is 11.4 Å². The van der Waals surface area contributed by atoms with Crippen molar-refractivity contribution in [2.75, 3.05) is 9.44 Å². The second-order valence-electron chi connectivity index (χ2n) is 6.44.